The van der Waals surface area contributed by atoms with Gasteiger partial charge in [0.25, 0.3) is 5.91 Å². The maximum absolute atomic E-state index is 12.8. The largest absolute Gasteiger partial charge is 0.497 e. The molecule has 0 aliphatic heterocycles. The van der Waals surface area contributed by atoms with Gasteiger partial charge in [0.1, 0.15) is 18.0 Å². The highest BCUT2D eigenvalue weighted by Crippen LogP contribution is 2.30. The van der Waals surface area contributed by atoms with Gasteiger partial charge in [0.15, 0.2) is 17.2 Å². The van der Waals surface area contributed by atoms with E-state index in [0.29, 0.717) is 40.1 Å². The minimum absolute atomic E-state index is 0.0822. The average Bonchev–Trinajstić information content (AvgIpc) is 3.18. The van der Waals surface area contributed by atoms with Crippen molar-refractivity contribution in [3.63, 3.8) is 0 Å². The van der Waals surface area contributed by atoms with Crippen LogP contribution in [0, 0.1) is 6.92 Å². The molecule has 0 bridgehead atoms. The van der Waals surface area contributed by atoms with Gasteiger partial charge < -0.3 is 29.6 Å². The van der Waals surface area contributed by atoms with Crippen molar-refractivity contribution in [2.75, 3.05) is 39.1 Å². The van der Waals surface area contributed by atoms with Crippen molar-refractivity contribution < 1.29 is 28.5 Å². The molecule has 3 aromatic rings. The fraction of sp³-hybridized carbons (Fsp3) is 0.273. The number of nitrogens with one attached hydrogen (secondary N) is 2. The molecule has 2 aromatic carbocycles. The second kappa shape index (κ2) is 10.4. The Morgan fingerprint density at radius 2 is 1.58 bits per heavy atom. The maximum Gasteiger partial charge on any atom is 0.278 e. The zero-order valence-corrected chi connectivity index (χ0v) is 19.0. The summed E-state index contributed by atoms with van der Waals surface area (Å²) in [5.74, 6) is 1.20. The minimum atomic E-state index is -0.495. The number of carbonyl (C=O) groups is 2. The maximum atomic E-state index is 12.8. The summed E-state index contributed by atoms with van der Waals surface area (Å²) in [6.07, 6.45) is 0. The van der Waals surface area contributed by atoms with Crippen LogP contribution in [-0.2, 0) is 11.3 Å². The van der Waals surface area contributed by atoms with E-state index in [1.807, 2.05) is 0 Å². The van der Waals surface area contributed by atoms with Gasteiger partial charge in [-0.05, 0) is 31.2 Å². The van der Waals surface area contributed by atoms with Crippen molar-refractivity contribution >= 4 is 23.2 Å². The first kappa shape index (κ1) is 23.4. The van der Waals surface area contributed by atoms with Gasteiger partial charge in [0, 0.05) is 17.8 Å². The summed E-state index contributed by atoms with van der Waals surface area (Å²) < 4.78 is 22.2. The highest BCUT2D eigenvalue weighted by molar-refractivity contribution is 6.04. The summed E-state index contributed by atoms with van der Waals surface area (Å²) in [6, 6.07) is 10.0. The minimum Gasteiger partial charge on any atom is -0.497 e. The molecule has 0 fully saturated rings. The Hall–Kier alpha value is -4.28. The van der Waals surface area contributed by atoms with Gasteiger partial charge in [0.2, 0.25) is 5.91 Å². The van der Waals surface area contributed by atoms with Crippen LogP contribution in [0.15, 0.2) is 36.4 Å². The molecule has 2 amide bonds. The summed E-state index contributed by atoms with van der Waals surface area (Å²) in [6.45, 7) is 1.52. The molecule has 0 spiro atoms. The molecule has 174 valence electrons. The van der Waals surface area contributed by atoms with Crippen molar-refractivity contribution in [1.29, 1.82) is 0 Å². The van der Waals surface area contributed by atoms with Crippen molar-refractivity contribution in [3.05, 3.63) is 47.8 Å². The number of nitrogens with zero attached hydrogens (tertiary/aromatic N) is 3. The third-order valence-electron chi connectivity index (χ3n) is 4.81. The fourth-order valence-corrected chi connectivity index (χ4v) is 3.06. The van der Waals surface area contributed by atoms with Crippen molar-refractivity contribution in [1.82, 2.24) is 15.0 Å². The normalized spacial score (nSPS) is 10.3. The van der Waals surface area contributed by atoms with E-state index < -0.39 is 5.91 Å². The Balaban J connectivity index is 1.71. The van der Waals surface area contributed by atoms with E-state index in [-0.39, 0.29) is 18.1 Å². The fourth-order valence-electron chi connectivity index (χ4n) is 3.06. The van der Waals surface area contributed by atoms with Crippen molar-refractivity contribution in [2.24, 2.45) is 0 Å². The molecular formula is C22H25N5O6. The molecule has 11 heteroatoms. The predicted molar refractivity (Wildman–Crippen MR) is 120 cm³/mol. The van der Waals surface area contributed by atoms with Gasteiger partial charge >= 0.3 is 0 Å². The van der Waals surface area contributed by atoms with E-state index in [1.165, 1.54) is 33.1 Å². The Bertz CT molecular complexity index is 1160. The molecule has 0 radical (unpaired) electrons. The lowest BCUT2D eigenvalue weighted by molar-refractivity contribution is -0.117. The number of hydrogen-bond acceptors (Lipinski definition) is 8. The van der Waals surface area contributed by atoms with E-state index in [0.717, 1.165) is 0 Å². The Morgan fingerprint density at radius 1 is 0.879 bits per heavy atom. The third-order valence-corrected chi connectivity index (χ3v) is 4.81. The molecule has 0 unspecified atom stereocenters. The number of aromatic nitrogens is 3. The molecule has 3 rings (SSSR count). The molecule has 0 atom stereocenters. The van der Waals surface area contributed by atoms with E-state index in [2.05, 4.69) is 20.9 Å². The van der Waals surface area contributed by atoms with Crippen LogP contribution in [0.4, 0.5) is 11.4 Å². The van der Waals surface area contributed by atoms with Crippen LogP contribution in [0.25, 0.3) is 0 Å². The van der Waals surface area contributed by atoms with Crippen LogP contribution in [0.3, 0.4) is 0 Å². The molecule has 0 saturated heterocycles. The van der Waals surface area contributed by atoms with Gasteiger partial charge in [-0.3, -0.25) is 9.59 Å². The Labute approximate surface area is 190 Å². The average molecular weight is 455 g/mol. The molecular weight excluding hydrogens is 430 g/mol. The van der Waals surface area contributed by atoms with E-state index in [4.69, 9.17) is 18.9 Å². The first-order valence-corrected chi connectivity index (χ1v) is 9.85. The molecule has 11 nitrogen and oxygen atoms in total. The zero-order valence-electron chi connectivity index (χ0n) is 19.0. The van der Waals surface area contributed by atoms with Crippen molar-refractivity contribution in [2.45, 2.75) is 13.5 Å². The number of methoxy groups -OCH3 is 4. The summed E-state index contributed by atoms with van der Waals surface area (Å²) >= 11 is 0. The standard InChI is InChI=1S/C22H25N5O6/c1-13-21(22(29)24-16-11-15(30-2)7-9-17(16)31-3)25-26-27(13)12-20(28)23-14-6-8-18(32-4)19(10-14)33-5/h6-11H,12H2,1-5H3,(H,23,28)(H,24,29). The van der Waals surface area contributed by atoms with Crippen LogP contribution >= 0.6 is 0 Å². The highest BCUT2D eigenvalue weighted by atomic mass is 16.5. The van der Waals surface area contributed by atoms with Crippen LogP contribution in [0.5, 0.6) is 23.0 Å². The number of amides is 2. The molecule has 0 aliphatic rings. The monoisotopic (exact) mass is 455 g/mol. The lowest BCUT2D eigenvalue weighted by Crippen LogP contribution is -2.21. The second-order valence-electron chi connectivity index (χ2n) is 6.82. The number of anilines is 2. The third kappa shape index (κ3) is 5.32. The first-order valence-electron chi connectivity index (χ1n) is 9.85. The van der Waals surface area contributed by atoms with Gasteiger partial charge in [-0.15, -0.1) is 5.10 Å². The van der Waals surface area contributed by atoms with E-state index in [9.17, 15) is 9.59 Å². The topological polar surface area (TPSA) is 126 Å². The lowest BCUT2D eigenvalue weighted by Gasteiger charge is -2.11. The first-order chi connectivity index (χ1) is 15.9. The summed E-state index contributed by atoms with van der Waals surface area (Å²) in [7, 11) is 6.06. The van der Waals surface area contributed by atoms with Crippen LogP contribution in [0.2, 0.25) is 0 Å². The van der Waals surface area contributed by atoms with Gasteiger partial charge in [0.05, 0.1) is 39.8 Å². The van der Waals surface area contributed by atoms with Crippen molar-refractivity contribution in [3.8, 4) is 23.0 Å². The van der Waals surface area contributed by atoms with Gasteiger partial charge in [-0.1, -0.05) is 5.21 Å². The molecule has 0 saturated carbocycles. The lowest BCUT2D eigenvalue weighted by atomic mass is 10.2. The van der Waals surface area contributed by atoms with Crippen LogP contribution < -0.4 is 29.6 Å². The second-order valence-corrected chi connectivity index (χ2v) is 6.82. The molecule has 1 aromatic heterocycles. The SMILES string of the molecule is COc1ccc(OC)c(NC(=O)c2nnn(CC(=O)Nc3ccc(OC)c(OC)c3)c2C)c1. The van der Waals surface area contributed by atoms with E-state index in [1.54, 1.807) is 43.3 Å². The number of ether oxygens (including phenoxy) is 4. The number of hydrogen-bond donors (Lipinski definition) is 2. The number of carbonyl (C=O) groups excluding carboxylic acids is 2. The quantitative estimate of drug-likeness (QED) is 0.504. The van der Waals surface area contributed by atoms with Crippen LogP contribution in [-0.4, -0.2) is 55.2 Å². The molecule has 1 heterocycles. The molecule has 2 N–H and O–H groups in total. The van der Waals surface area contributed by atoms with E-state index >= 15 is 0 Å². The Kier molecular flexibility index (Phi) is 7.34. The zero-order chi connectivity index (χ0) is 24.0. The molecule has 0 aliphatic carbocycles. The number of benzene rings is 2. The summed E-state index contributed by atoms with van der Waals surface area (Å²) in [5, 5.41) is 13.4. The molecule has 33 heavy (non-hydrogen) atoms. The highest BCUT2D eigenvalue weighted by Gasteiger charge is 2.20. The Morgan fingerprint density at radius 3 is 2.24 bits per heavy atom. The predicted octanol–water partition coefficient (Wildman–Crippen LogP) is 2.51. The number of rotatable bonds is 9. The summed E-state index contributed by atoms with van der Waals surface area (Å²) in [5.41, 5.74) is 1.45. The summed E-state index contributed by atoms with van der Waals surface area (Å²) in [4.78, 5) is 25.3. The smallest absolute Gasteiger partial charge is 0.278 e. The van der Waals surface area contributed by atoms with Gasteiger partial charge in [-0.25, -0.2) is 4.68 Å². The van der Waals surface area contributed by atoms with Crippen LogP contribution in [0.1, 0.15) is 16.2 Å². The van der Waals surface area contributed by atoms with Gasteiger partial charge in [-0.2, -0.15) is 0 Å².